The predicted octanol–water partition coefficient (Wildman–Crippen LogP) is 3.09. The summed E-state index contributed by atoms with van der Waals surface area (Å²) >= 11 is 9.83. The first-order chi connectivity index (χ1) is 12.8. The van der Waals surface area contributed by atoms with E-state index < -0.39 is 0 Å². The van der Waals surface area contributed by atoms with Crippen LogP contribution in [0.5, 0.6) is 5.75 Å². The van der Waals surface area contributed by atoms with E-state index in [0.29, 0.717) is 53.0 Å². The number of ether oxygens (including phenoxy) is 1. The Labute approximate surface area is 172 Å². The summed E-state index contributed by atoms with van der Waals surface area (Å²) in [6.45, 7) is 8.96. The molecule has 0 spiro atoms. The third-order valence-corrected chi connectivity index (χ3v) is 4.80. The number of urea groups is 1. The van der Waals surface area contributed by atoms with Gasteiger partial charge in [0.2, 0.25) is 0 Å². The third-order valence-electron chi connectivity index (χ3n) is 3.87. The SMILES string of the molecule is C=C(N)N=C1CN(C(=O)NCC)C/C1=C(/N)c1cc(OCC)c(Br)cc1Cl. The lowest BCUT2D eigenvalue weighted by Gasteiger charge is -2.15. The van der Waals surface area contributed by atoms with Gasteiger partial charge in [-0.2, -0.15) is 0 Å². The van der Waals surface area contributed by atoms with Crippen LogP contribution < -0.4 is 21.5 Å². The van der Waals surface area contributed by atoms with Crippen LogP contribution in [-0.2, 0) is 0 Å². The third kappa shape index (κ3) is 4.95. The molecule has 5 N–H and O–H groups in total. The fraction of sp³-hybridized carbons (Fsp3) is 0.333. The Morgan fingerprint density at radius 1 is 1.41 bits per heavy atom. The molecule has 146 valence electrons. The minimum absolute atomic E-state index is 0.143. The normalized spacial score (nSPS) is 17.2. The smallest absolute Gasteiger partial charge is 0.318 e. The van der Waals surface area contributed by atoms with Crippen molar-refractivity contribution >= 4 is 45.0 Å². The second-order valence-electron chi connectivity index (χ2n) is 5.83. The summed E-state index contributed by atoms with van der Waals surface area (Å²) in [5, 5.41) is 3.22. The van der Waals surface area contributed by atoms with E-state index in [-0.39, 0.29) is 18.4 Å². The summed E-state index contributed by atoms with van der Waals surface area (Å²) in [7, 11) is 0. The van der Waals surface area contributed by atoms with E-state index in [4.69, 9.17) is 27.8 Å². The molecule has 1 saturated heterocycles. The summed E-state index contributed by atoms with van der Waals surface area (Å²) in [6.07, 6.45) is 0. The average Bonchev–Trinajstić information content (AvgIpc) is 3.00. The lowest BCUT2D eigenvalue weighted by Crippen LogP contribution is -2.38. The van der Waals surface area contributed by atoms with Crippen molar-refractivity contribution in [3.05, 3.63) is 45.2 Å². The number of amides is 2. The van der Waals surface area contributed by atoms with Crippen molar-refractivity contribution < 1.29 is 9.53 Å². The molecule has 0 atom stereocenters. The predicted molar refractivity (Wildman–Crippen MR) is 113 cm³/mol. The van der Waals surface area contributed by atoms with Crippen molar-refractivity contribution in [2.24, 2.45) is 16.5 Å². The molecule has 1 aliphatic heterocycles. The van der Waals surface area contributed by atoms with E-state index in [1.165, 1.54) is 0 Å². The summed E-state index contributed by atoms with van der Waals surface area (Å²) < 4.78 is 6.34. The zero-order valence-electron chi connectivity index (χ0n) is 15.3. The highest BCUT2D eigenvalue weighted by Gasteiger charge is 2.30. The first-order valence-electron chi connectivity index (χ1n) is 8.44. The van der Waals surface area contributed by atoms with Gasteiger partial charge in [-0.15, -0.1) is 0 Å². The number of hydrogen-bond acceptors (Lipinski definition) is 5. The number of halogens is 2. The topological polar surface area (TPSA) is 106 Å². The van der Waals surface area contributed by atoms with Gasteiger partial charge in [-0.3, -0.25) is 0 Å². The molecule has 0 bridgehead atoms. The number of rotatable bonds is 5. The second-order valence-corrected chi connectivity index (χ2v) is 7.09. The van der Waals surface area contributed by atoms with Crippen LogP contribution in [0.15, 0.2) is 39.6 Å². The monoisotopic (exact) mass is 455 g/mol. The van der Waals surface area contributed by atoms with Gasteiger partial charge in [0.25, 0.3) is 0 Å². The maximum atomic E-state index is 12.2. The Bertz CT molecular complexity index is 822. The van der Waals surface area contributed by atoms with Gasteiger partial charge in [0.1, 0.15) is 11.6 Å². The molecule has 1 heterocycles. The molecule has 0 saturated carbocycles. The molecule has 0 radical (unpaired) electrons. The minimum Gasteiger partial charge on any atom is -0.493 e. The summed E-state index contributed by atoms with van der Waals surface area (Å²) in [5.74, 6) is 0.769. The minimum atomic E-state index is -0.201. The molecule has 7 nitrogen and oxygen atoms in total. The van der Waals surface area contributed by atoms with E-state index in [1.807, 2.05) is 13.8 Å². The molecule has 1 aliphatic rings. The highest BCUT2D eigenvalue weighted by Crippen LogP contribution is 2.35. The van der Waals surface area contributed by atoms with Gasteiger partial charge < -0.3 is 26.4 Å². The van der Waals surface area contributed by atoms with Gasteiger partial charge in [-0.25, -0.2) is 9.79 Å². The molecule has 1 aromatic rings. The molecule has 2 amide bonds. The van der Waals surface area contributed by atoms with Crippen LogP contribution in [0.4, 0.5) is 4.79 Å². The van der Waals surface area contributed by atoms with Crippen LogP contribution in [0.1, 0.15) is 19.4 Å². The fourth-order valence-corrected chi connectivity index (χ4v) is 3.56. The van der Waals surface area contributed by atoms with Crippen molar-refractivity contribution in [3.8, 4) is 5.75 Å². The lowest BCUT2D eigenvalue weighted by molar-refractivity contribution is 0.212. The lowest BCUT2D eigenvalue weighted by atomic mass is 10.0. The van der Waals surface area contributed by atoms with Crippen molar-refractivity contribution in [3.63, 3.8) is 0 Å². The van der Waals surface area contributed by atoms with Crippen LogP contribution in [0.2, 0.25) is 5.02 Å². The van der Waals surface area contributed by atoms with Crippen LogP contribution in [-0.4, -0.2) is 42.9 Å². The van der Waals surface area contributed by atoms with E-state index in [1.54, 1.807) is 17.0 Å². The molecular weight excluding hydrogens is 434 g/mol. The second kappa shape index (κ2) is 9.14. The van der Waals surface area contributed by atoms with Gasteiger partial charge in [0, 0.05) is 23.4 Å². The van der Waals surface area contributed by atoms with Gasteiger partial charge >= 0.3 is 6.03 Å². The zero-order chi connectivity index (χ0) is 20.1. The molecule has 0 aromatic heterocycles. The summed E-state index contributed by atoms with van der Waals surface area (Å²) in [4.78, 5) is 18.1. The first-order valence-corrected chi connectivity index (χ1v) is 9.61. The number of nitrogens with one attached hydrogen (secondary N) is 1. The molecule has 1 aromatic carbocycles. The number of likely N-dealkylation sites (tertiary alicyclic amines) is 1. The Hall–Kier alpha value is -2.19. The zero-order valence-corrected chi connectivity index (χ0v) is 17.7. The number of aliphatic imine (C=N–C) groups is 1. The average molecular weight is 457 g/mol. The molecule has 2 rings (SSSR count). The van der Waals surface area contributed by atoms with Crippen LogP contribution in [0, 0.1) is 0 Å². The maximum Gasteiger partial charge on any atom is 0.318 e. The number of benzene rings is 1. The molecule has 0 unspecified atom stereocenters. The quantitative estimate of drug-likeness (QED) is 0.633. The van der Waals surface area contributed by atoms with Crippen LogP contribution in [0.25, 0.3) is 5.70 Å². The Balaban J connectivity index is 2.53. The summed E-state index contributed by atoms with van der Waals surface area (Å²) in [5.41, 5.74) is 14.4. The molecule has 1 fully saturated rings. The van der Waals surface area contributed by atoms with Crippen LogP contribution >= 0.6 is 27.5 Å². The van der Waals surface area contributed by atoms with E-state index in [0.717, 1.165) is 4.47 Å². The van der Waals surface area contributed by atoms with Crippen molar-refractivity contribution in [1.29, 1.82) is 0 Å². The van der Waals surface area contributed by atoms with Crippen molar-refractivity contribution in [2.45, 2.75) is 13.8 Å². The fourth-order valence-electron chi connectivity index (χ4n) is 2.70. The molecule has 0 aliphatic carbocycles. The van der Waals surface area contributed by atoms with E-state index in [2.05, 4.69) is 32.8 Å². The molecule has 9 heteroatoms. The molecular formula is C18H23BrClN5O2. The van der Waals surface area contributed by atoms with Crippen LogP contribution in [0.3, 0.4) is 0 Å². The number of hydrogen-bond donors (Lipinski definition) is 3. The van der Waals surface area contributed by atoms with Gasteiger partial charge in [-0.05, 0) is 41.9 Å². The number of nitrogens with zero attached hydrogens (tertiary/aromatic N) is 2. The standard InChI is InChI=1S/C18H23BrClN5O2/c1-4-23-18(26)25-8-12(15(9-25)24-10(3)21)17(22)11-6-16(27-5-2)13(19)7-14(11)20/h6-7H,3-5,8-9,21-22H2,1-2H3,(H,23,26)/b17-12-,24-15?. The highest BCUT2D eigenvalue weighted by atomic mass is 79.9. The van der Waals surface area contributed by atoms with E-state index in [9.17, 15) is 4.79 Å². The Morgan fingerprint density at radius 3 is 2.70 bits per heavy atom. The van der Waals surface area contributed by atoms with Gasteiger partial charge in [0.15, 0.2) is 0 Å². The Kier molecular flexibility index (Phi) is 7.15. The van der Waals surface area contributed by atoms with E-state index >= 15 is 0 Å². The number of carbonyl (C=O) groups is 1. The number of carbonyl (C=O) groups excluding carboxylic acids is 1. The largest absolute Gasteiger partial charge is 0.493 e. The Morgan fingerprint density at radius 2 is 2.11 bits per heavy atom. The van der Waals surface area contributed by atoms with Gasteiger partial charge in [-0.1, -0.05) is 18.2 Å². The van der Waals surface area contributed by atoms with Crippen molar-refractivity contribution in [1.82, 2.24) is 10.2 Å². The summed E-state index contributed by atoms with van der Waals surface area (Å²) in [6, 6.07) is 3.29. The van der Waals surface area contributed by atoms with Gasteiger partial charge in [0.05, 0.1) is 34.9 Å². The maximum absolute atomic E-state index is 12.2. The molecule has 27 heavy (non-hydrogen) atoms. The number of nitrogens with two attached hydrogens (primary N) is 2. The highest BCUT2D eigenvalue weighted by molar-refractivity contribution is 9.10. The first kappa shape index (κ1) is 21.1. The van der Waals surface area contributed by atoms with Crippen molar-refractivity contribution in [2.75, 3.05) is 26.2 Å².